The molecular weight excluding hydrogens is 94.0 g/mol. The van der Waals surface area contributed by atoms with E-state index >= 15 is 0 Å². The number of hydrogen-bond donors (Lipinski definition) is 0. The van der Waals surface area contributed by atoms with Gasteiger partial charge in [0.05, 0.1) is 19.8 Å². The number of ether oxygens (including phenoxy) is 2. The van der Waals surface area contributed by atoms with Crippen LogP contribution in [0.4, 0.5) is 0 Å². The molecular formula is C4H8NO2. The van der Waals surface area contributed by atoms with Gasteiger partial charge in [-0.2, -0.15) is 0 Å². The van der Waals surface area contributed by atoms with Crippen molar-refractivity contribution in [1.82, 2.24) is 5.73 Å². The molecule has 0 bridgehead atoms. The van der Waals surface area contributed by atoms with E-state index in [2.05, 4.69) is 0 Å². The molecule has 3 heteroatoms. The lowest BCUT2D eigenvalue weighted by molar-refractivity contribution is -0.0882. The normalized spacial score (nSPS) is 33.0. The highest BCUT2D eigenvalue weighted by atomic mass is 16.6. The number of hydrogen-bond acceptors (Lipinski definition) is 2. The van der Waals surface area contributed by atoms with Crippen molar-refractivity contribution in [2.24, 2.45) is 0 Å². The van der Waals surface area contributed by atoms with Gasteiger partial charge in [-0.3, -0.25) is 0 Å². The van der Waals surface area contributed by atoms with Crippen molar-refractivity contribution in [3.05, 3.63) is 0 Å². The third-order valence-corrected chi connectivity index (χ3v) is 0.816. The van der Waals surface area contributed by atoms with Crippen LogP contribution in [-0.4, -0.2) is 26.0 Å². The molecule has 1 aliphatic heterocycles. The minimum atomic E-state index is -0.436. The van der Waals surface area contributed by atoms with Gasteiger partial charge in [-0.15, -0.1) is 0 Å². The molecule has 1 radical (unpaired) electrons. The van der Waals surface area contributed by atoms with Gasteiger partial charge in [-0.05, 0) is 0 Å². The Hall–Kier alpha value is -0.120. The fourth-order valence-corrected chi connectivity index (χ4v) is 0.488. The average Bonchev–Trinajstić information content (AvgIpc) is 1.69. The van der Waals surface area contributed by atoms with Crippen LogP contribution in [0.5, 0.6) is 0 Å². The van der Waals surface area contributed by atoms with Gasteiger partial charge in [0.25, 0.3) is 0 Å². The van der Waals surface area contributed by atoms with Crippen LogP contribution in [0.1, 0.15) is 0 Å². The summed E-state index contributed by atoms with van der Waals surface area (Å²) < 4.78 is 9.69. The van der Waals surface area contributed by atoms with Crippen molar-refractivity contribution in [3.63, 3.8) is 0 Å². The summed E-state index contributed by atoms with van der Waals surface area (Å²) in [4.78, 5) is 0. The van der Waals surface area contributed by atoms with Crippen molar-refractivity contribution < 1.29 is 9.47 Å². The first-order chi connectivity index (χ1) is 3.39. The lowest BCUT2D eigenvalue weighted by atomic mass is 10.6. The molecule has 0 aromatic carbocycles. The lowest BCUT2D eigenvalue weighted by Crippen LogP contribution is -2.29. The molecule has 1 rings (SSSR count). The maximum absolute atomic E-state index is 6.92. The molecule has 1 N–H and O–H groups in total. The van der Waals surface area contributed by atoms with Crippen LogP contribution in [0.2, 0.25) is 0 Å². The second-order valence-corrected chi connectivity index (χ2v) is 1.43. The van der Waals surface area contributed by atoms with E-state index in [-0.39, 0.29) is 0 Å². The Morgan fingerprint density at radius 3 is 2.57 bits per heavy atom. The fraction of sp³-hybridized carbons (Fsp3) is 1.00. The van der Waals surface area contributed by atoms with Crippen molar-refractivity contribution in [1.29, 1.82) is 0 Å². The first kappa shape index (κ1) is 5.03. The van der Waals surface area contributed by atoms with Crippen LogP contribution in [0, 0.1) is 0 Å². The number of nitrogens with one attached hydrogen (secondary N) is 1. The monoisotopic (exact) mass is 102 g/mol. The minimum absolute atomic E-state index is 0.431. The van der Waals surface area contributed by atoms with E-state index in [1.807, 2.05) is 0 Å². The predicted octanol–water partition coefficient (Wildman–Crippen LogP) is -0.358. The molecule has 0 aromatic rings. The molecule has 0 aromatic heterocycles. The first-order valence-corrected chi connectivity index (χ1v) is 2.30. The molecule has 1 unspecified atom stereocenters. The maximum atomic E-state index is 6.92. The largest absolute Gasteiger partial charge is 0.375 e. The highest BCUT2D eigenvalue weighted by Gasteiger charge is 2.07. The summed E-state index contributed by atoms with van der Waals surface area (Å²) >= 11 is 0. The fourth-order valence-electron chi connectivity index (χ4n) is 0.488. The summed E-state index contributed by atoms with van der Waals surface area (Å²) in [5, 5.41) is 0. The Morgan fingerprint density at radius 1 is 1.43 bits per heavy atom. The number of rotatable bonds is 0. The topological polar surface area (TPSA) is 42.3 Å². The van der Waals surface area contributed by atoms with E-state index in [1.165, 1.54) is 0 Å². The summed E-state index contributed by atoms with van der Waals surface area (Å²) in [6.07, 6.45) is -0.436. The second-order valence-electron chi connectivity index (χ2n) is 1.43. The quantitative estimate of drug-likeness (QED) is 0.419. The van der Waals surface area contributed by atoms with Gasteiger partial charge >= 0.3 is 0 Å². The Morgan fingerprint density at radius 2 is 2.29 bits per heavy atom. The SMILES string of the molecule is [NH]C1COCCO1. The Kier molecular flexibility index (Phi) is 1.62. The predicted molar refractivity (Wildman–Crippen MR) is 23.7 cm³/mol. The molecule has 41 valence electrons. The first-order valence-electron chi connectivity index (χ1n) is 2.30. The molecule has 3 nitrogen and oxygen atoms in total. The zero-order chi connectivity index (χ0) is 5.11. The smallest absolute Gasteiger partial charge is 0.144 e. The van der Waals surface area contributed by atoms with Gasteiger partial charge in [0.15, 0.2) is 0 Å². The van der Waals surface area contributed by atoms with Gasteiger partial charge in [0.2, 0.25) is 0 Å². The lowest BCUT2D eigenvalue weighted by Gasteiger charge is -2.17. The Labute approximate surface area is 42.4 Å². The second kappa shape index (κ2) is 2.26. The van der Waals surface area contributed by atoms with Crippen LogP contribution >= 0.6 is 0 Å². The Bertz CT molecular complexity index is 51.7. The van der Waals surface area contributed by atoms with Crippen molar-refractivity contribution in [2.45, 2.75) is 6.23 Å². The molecule has 1 atom stereocenters. The molecule has 0 saturated carbocycles. The van der Waals surface area contributed by atoms with Crippen LogP contribution in [0.15, 0.2) is 0 Å². The summed E-state index contributed by atoms with van der Waals surface area (Å²) in [6.45, 7) is 1.66. The van der Waals surface area contributed by atoms with E-state index < -0.39 is 6.23 Å². The third-order valence-electron chi connectivity index (χ3n) is 0.816. The van der Waals surface area contributed by atoms with Crippen molar-refractivity contribution in [2.75, 3.05) is 19.8 Å². The van der Waals surface area contributed by atoms with E-state index in [0.29, 0.717) is 19.8 Å². The van der Waals surface area contributed by atoms with Gasteiger partial charge in [-0.25, -0.2) is 5.73 Å². The molecule has 0 spiro atoms. The zero-order valence-corrected chi connectivity index (χ0v) is 4.02. The molecule has 1 saturated heterocycles. The zero-order valence-electron chi connectivity index (χ0n) is 4.02. The molecule has 7 heavy (non-hydrogen) atoms. The maximum Gasteiger partial charge on any atom is 0.144 e. The molecule has 0 amide bonds. The van der Waals surface area contributed by atoms with Crippen molar-refractivity contribution in [3.8, 4) is 0 Å². The van der Waals surface area contributed by atoms with Gasteiger partial charge in [0, 0.05) is 0 Å². The third kappa shape index (κ3) is 1.43. The molecule has 0 aliphatic carbocycles. The van der Waals surface area contributed by atoms with E-state index in [4.69, 9.17) is 15.2 Å². The van der Waals surface area contributed by atoms with Gasteiger partial charge in [0.1, 0.15) is 6.23 Å². The van der Waals surface area contributed by atoms with Crippen LogP contribution in [-0.2, 0) is 9.47 Å². The standard InChI is InChI=1S/C4H8NO2/c5-4-3-6-1-2-7-4/h4-5H,1-3H2. The summed E-state index contributed by atoms with van der Waals surface area (Å²) in [7, 11) is 0. The van der Waals surface area contributed by atoms with Gasteiger partial charge < -0.3 is 9.47 Å². The highest BCUT2D eigenvalue weighted by Crippen LogP contribution is 1.93. The van der Waals surface area contributed by atoms with Crippen LogP contribution in [0.3, 0.4) is 0 Å². The highest BCUT2D eigenvalue weighted by molar-refractivity contribution is 4.48. The van der Waals surface area contributed by atoms with Crippen LogP contribution < -0.4 is 5.73 Å². The van der Waals surface area contributed by atoms with Gasteiger partial charge in [-0.1, -0.05) is 0 Å². The Balaban J connectivity index is 2.12. The molecule has 1 fully saturated rings. The van der Waals surface area contributed by atoms with E-state index in [9.17, 15) is 0 Å². The van der Waals surface area contributed by atoms with Crippen molar-refractivity contribution >= 4 is 0 Å². The summed E-state index contributed by atoms with van der Waals surface area (Å²) in [6, 6.07) is 0. The summed E-state index contributed by atoms with van der Waals surface area (Å²) in [5.74, 6) is 0. The van der Waals surface area contributed by atoms with Crippen LogP contribution in [0.25, 0.3) is 0 Å². The molecule has 1 aliphatic rings. The molecule has 1 heterocycles. The van der Waals surface area contributed by atoms with E-state index in [0.717, 1.165) is 0 Å². The minimum Gasteiger partial charge on any atom is -0.375 e. The summed E-state index contributed by atoms with van der Waals surface area (Å²) in [5.41, 5.74) is 6.92. The average molecular weight is 102 g/mol. The van der Waals surface area contributed by atoms with E-state index in [1.54, 1.807) is 0 Å².